The number of esters is 1. The number of carbonyl (C=O) groups is 3. The van der Waals surface area contributed by atoms with E-state index in [0.717, 1.165) is 36.9 Å². The molecule has 0 radical (unpaired) electrons. The van der Waals surface area contributed by atoms with Crippen LogP contribution >= 0.6 is 27.7 Å². The molecule has 62 heavy (non-hydrogen) atoms. The number of carboxylic acids is 2. The summed E-state index contributed by atoms with van der Waals surface area (Å²) in [7, 11) is 10.4. The van der Waals surface area contributed by atoms with Crippen molar-refractivity contribution in [2.75, 3.05) is 59.4 Å². The number of para-hydroxylation sites is 2. The molecule has 5 aromatic rings. The van der Waals surface area contributed by atoms with Crippen molar-refractivity contribution < 1.29 is 44.3 Å². The van der Waals surface area contributed by atoms with E-state index in [-0.39, 0.29) is 17.9 Å². The first-order valence-corrected chi connectivity index (χ1v) is 21.9. The summed E-state index contributed by atoms with van der Waals surface area (Å²) >= 11 is 5.23. The summed E-state index contributed by atoms with van der Waals surface area (Å²) in [5.41, 5.74) is 6.58. The van der Waals surface area contributed by atoms with E-state index < -0.39 is 29.7 Å². The van der Waals surface area contributed by atoms with Gasteiger partial charge in [-0.15, -0.1) is 0 Å². The van der Waals surface area contributed by atoms with E-state index in [9.17, 15) is 14.4 Å². The lowest BCUT2D eigenvalue weighted by atomic mass is 9.69. The Morgan fingerprint density at radius 3 is 2.16 bits per heavy atom. The number of ether oxygens (including phenoxy) is 2. The van der Waals surface area contributed by atoms with Crippen LogP contribution in [0.25, 0.3) is 10.9 Å². The highest BCUT2D eigenvalue weighted by atomic mass is 79.9. The number of aliphatic hydroxyl groups is 2. The first kappa shape index (κ1) is 46.7. The Bertz CT molecular complexity index is 2330. The minimum Gasteiger partial charge on any atom is -0.479 e. The number of aryl methyl sites for hydroxylation is 1. The normalized spacial score (nSPS) is 20.3. The Labute approximate surface area is 374 Å². The fourth-order valence-corrected chi connectivity index (χ4v) is 10.3. The van der Waals surface area contributed by atoms with Gasteiger partial charge in [0.05, 0.1) is 23.5 Å². The first-order valence-electron chi connectivity index (χ1n) is 20.2. The first-order chi connectivity index (χ1) is 29.5. The molecule has 3 aliphatic rings. The molecule has 2 aliphatic heterocycles. The maximum atomic E-state index is 12.5. The van der Waals surface area contributed by atoms with Crippen molar-refractivity contribution in [1.29, 1.82) is 0 Å². The molecule has 0 spiro atoms. The molecule has 1 fully saturated rings. The van der Waals surface area contributed by atoms with Crippen molar-refractivity contribution >= 4 is 67.9 Å². The number of likely N-dealkylation sites (tertiary alicyclic amines) is 1. The third kappa shape index (κ3) is 10.2. The highest BCUT2D eigenvalue weighted by Gasteiger charge is 2.52. The maximum absolute atomic E-state index is 12.5. The summed E-state index contributed by atoms with van der Waals surface area (Å²) in [5.74, 6) is -3.10. The van der Waals surface area contributed by atoms with Crippen LogP contribution in [0, 0.1) is 11.8 Å². The van der Waals surface area contributed by atoms with Crippen molar-refractivity contribution in [2.45, 2.75) is 53.4 Å². The number of carboxylic acid groups (broad SMARTS) is 2. The van der Waals surface area contributed by atoms with Gasteiger partial charge in [-0.25, -0.2) is 14.4 Å². The van der Waals surface area contributed by atoms with Gasteiger partial charge in [0.2, 0.25) is 0 Å². The minimum atomic E-state index is -2.27. The minimum absolute atomic E-state index is 0.172. The number of methoxy groups -OCH3 is 1. The Balaban J connectivity index is 0.000000178. The third-order valence-corrected chi connectivity index (χ3v) is 13.0. The van der Waals surface area contributed by atoms with Crippen LogP contribution in [0.4, 0.5) is 11.4 Å². The number of aliphatic hydroxyl groups excluding tert-OH is 2. The molecule has 0 bridgehead atoms. The number of nitrogens with zero attached hydrogens (tertiary/aromatic N) is 5. The van der Waals surface area contributed by atoms with Gasteiger partial charge in [0, 0.05) is 89.5 Å². The number of hydrogen-bond acceptors (Lipinski definition) is 12. The van der Waals surface area contributed by atoms with Gasteiger partial charge < -0.3 is 44.3 Å². The van der Waals surface area contributed by atoms with E-state index in [1.165, 1.54) is 49.4 Å². The molecule has 6 unspecified atom stereocenters. The second-order valence-corrected chi connectivity index (χ2v) is 18.4. The number of piperidine rings is 1. The molecule has 16 heteroatoms. The van der Waals surface area contributed by atoms with Crippen LogP contribution in [-0.4, -0.2) is 130 Å². The number of aromatic nitrogens is 2. The fraction of sp³-hybridized carbons (Fsp3) is 0.391. The van der Waals surface area contributed by atoms with Crippen LogP contribution in [0.5, 0.6) is 0 Å². The van der Waals surface area contributed by atoms with E-state index in [1.807, 2.05) is 18.9 Å². The number of halogens is 1. The zero-order valence-corrected chi connectivity index (χ0v) is 38.0. The molecule has 2 aromatic heterocycles. The number of rotatable bonds is 11. The molecule has 4 N–H and O–H groups in total. The second-order valence-electron chi connectivity index (χ2n) is 16.4. The number of likely N-dealkylation sites (N-methyl/N-ethyl adjacent to an activating group) is 1. The zero-order chi connectivity index (χ0) is 44.9. The van der Waals surface area contributed by atoms with Gasteiger partial charge in [0.1, 0.15) is 5.60 Å². The van der Waals surface area contributed by atoms with Crippen LogP contribution in [0.15, 0.2) is 106 Å². The average Bonchev–Trinajstić information content (AvgIpc) is 3.57. The van der Waals surface area contributed by atoms with E-state index in [0.29, 0.717) is 18.1 Å². The van der Waals surface area contributed by atoms with Crippen LogP contribution in [0.1, 0.15) is 34.8 Å². The smallest absolute Gasteiger partial charge is 0.339 e. The lowest BCUT2D eigenvalue weighted by Crippen LogP contribution is -2.59. The standard InChI is InChI=1S/C24H26BrN3O3.C18H22N2S.C4H6O6/c1-27-13-17-8-21-24(30-3,19-5-4-6-20(27)22(17)19)9-15(12-28(21)2)14-31-23(29)16-7-18(25)11-26-10-16;1-14(12-19(2)3)13-20-15-8-4-6-10-17(15)21-18-11-7-5-9-16(18)20;5-1(3(7)8)2(6)4(9)10/h4-7,10-11,13,15,21H,8-9,12,14H2,1-3H3;4-11,14H,12-13H2,1-3H3;1-2,5-6H,(H,7,8)(H,9,10). The Kier molecular flexibility index (Phi) is 15.2. The van der Waals surface area contributed by atoms with Crippen LogP contribution < -0.4 is 4.90 Å². The lowest BCUT2D eigenvalue weighted by molar-refractivity contribution is -0.165. The molecule has 14 nitrogen and oxygen atoms in total. The molecule has 0 amide bonds. The van der Waals surface area contributed by atoms with Crippen molar-refractivity contribution in [1.82, 2.24) is 19.4 Å². The molecule has 0 saturated carbocycles. The number of benzene rings is 3. The Hall–Kier alpha value is -4.81. The number of pyridine rings is 1. The Morgan fingerprint density at radius 2 is 1.58 bits per heavy atom. The topological polar surface area (TPSA) is 178 Å². The van der Waals surface area contributed by atoms with Crippen molar-refractivity contribution in [3.8, 4) is 0 Å². The molecule has 4 heterocycles. The van der Waals surface area contributed by atoms with Gasteiger partial charge in [-0.2, -0.15) is 0 Å². The molecular weight excluding hydrogens is 879 g/mol. The van der Waals surface area contributed by atoms with E-state index >= 15 is 0 Å². The predicted octanol–water partition coefficient (Wildman–Crippen LogP) is 6.28. The lowest BCUT2D eigenvalue weighted by Gasteiger charge is -2.53. The molecule has 3 aromatic carbocycles. The number of anilines is 2. The number of fused-ring (bicyclic) bond motifs is 4. The zero-order valence-electron chi connectivity index (χ0n) is 35.6. The predicted molar refractivity (Wildman–Crippen MR) is 241 cm³/mol. The van der Waals surface area contributed by atoms with Crippen LogP contribution in [0.2, 0.25) is 0 Å². The fourth-order valence-electron chi connectivity index (χ4n) is 8.87. The largest absolute Gasteiger partial charge is 0.479 e. The third-order valence-electron chi connectivity index (χ3n) is 11.4. The summed E-state index contributed by atoms with van der Waals surface area (Å²) in [6, 6.07) is 25.9. The molecular formula is C46H54BrN5O9S. The van der Waals surface area contributed by atoms with Gasteiger partial charge in [0.25, 0.3) is 0 Å². The summed E-state index contributed by atoms with van der Waals surface area (Å²) < 4.78 is 15.0. The molecule has 330 valence electrons. The molecule has 6 atom stereocenters. The van der Waals surface area contributed by atoms with Gasteiger partial charge in [-0.3, -0.25) is 9.88 Å². The van der Waals surface area contributed by atoms with Gasteiger partial charge in [-0.1, -0.05) is 55.1 Å². The molecule has 1 aliphatic carbocycles. The highest BCUT2D eigenvalue weighted by Crippen LogP contribution is 2.50. The van der Waals surface area contributed by atoms with Crippen molar-refractivity contribution in [3.05, 3.63) is 113 Å². The Morgan fingerprint density at radius 1 is 0.952 bits per heavy atom. The number of carbonyl (C=O) groups excluding carboxylic acids is 1. The molecule has 8 rings (SSSR count). The van der Waals surface area contributed by atoms with Gasteiger partial charge in [0.15, 0.2) is 12.2 Å². The highest BCUT2D eigenvalue weighted by molar-refractivity contribution is 9.10. The van der Waals surface area contributed by atoms with Crippen LogP contribution in [0.3, 0.4) is 0 Å². The van der Waals surface area contributed by atoms with E-state index in [2.05, 4.69) is 148 Å². The summed E-state index contributed by atoms with van der Waals surface area (Å²) in [5, 5.41) is 33.8. The molecule has 1 saturated heterocycles. The number of aliphatic carboxylic acids is 2. The second kappa shape index (κ2) is 20.1. The average molecular weight is 933 g/mol. The van der Waals surface area contributed by atoms with Gasteiger partial charge in [-0.05, 0) is 103 Å². The summed E-state index contributed by atoms with van der Waals surface area (Å²) in [6.07, 6.45) is 2.67. The quantitative estimate of drug-likeness (QED) is 0.109. The van der Waals surface area contributed by atoms with E-state index in [4.69, 9.17) is 29.9 Å². The summed E-state index contributed by atoms with van der Waals surface area (Å²) in [4.78, 5) is 46.0. The van der Waals surface area contributed by atoms with Crippen molar-refractivity contribution in [3.63, 3.8) is 0 Å². The monoisotopic (exact) mass is 931 g/mol. The number of hydrogen-bond donors (Lipinski definition) is 4. The van der Waals surface area contributed by atoms with Gasteiger partial charge >= 0.3 is 17.9 Å². The van der Waals surface area contributed by atoms with Crippen molar-refractivity contribution in [2.24, 2.45) is 18.9 Å². The maximum Gasteiger partial charge on any atom is 0.339 e. The van der Waals surface area contributed by atoms with Crippen LogP contribution in [-0.2, 0) is 38.1 Å². The SMILES string of the molecule is CC(CN(C)C)CN1c2ccccc2Sc2ccccc21.COC12CC(COC(=O)c3cncc(Br)c3)CN(C)C1Cc1cn(C)c3cccc2c13.O=C(O)C(O)C(O)C(=O)O. The van der Waals surface area contributed by atoms with E-state index in [1.54, 1.807) is 12.3 Å². The summed E-state index contributed by atoms with van der Waals surface area (Å²) in [6.45, 7) is 5.69.